The second-order valence-electron chi connectivity index (χ2n) is 4.95. The molecular formula is C13H26N2O. The predicted molar refractivity (Wildman–Crippen MR) is 67.4 cm³/mol. The van der Waals surface area contributed by atoms with Gasteiger partial charge in [-0.3, -0.25) is 4.79 Å². The van der Waals surface area contributed by atoms with Gasteiger partial charge < -0.3 is 10.2 Å². The highest BCUT2D eigenvalue weighted by molar-refractivity contribution is 5.82. The molecule has 0 aromatic rings. The molecule has 1 aliphatic rings. The molecular weight excluding hydrogens is 200 g/mol. The first-order valence-corrected chi connectivity index (χ1v) is 6.71. The maximum atomic E-state index is 12.1. The number of amides is 1. The number of likely N-dealkylation sites (tertiary alicyclic amines) is 1. The fourth-order valence-corrected chi connectivity index (χ4v) is 2.13. The summed E-state index contributed by atoms with van der Waals surface area (Å²) in [5, 5.41) is 3.35. The van der Waals surface area contributed by atoms with E-state index in [4.69, 9.17) is 0 Å². The molecule has 3 nitrogen and oxygen atoms in total. The first kappa shape index (κ1) is 13.5. The fraction of sp³-hybridized carbons (Fsp3) is 0.923. The zero-order chi connectivity index (χ0) is 12.0. The van der Waals surface area contributed by atoms with E-state index in [0.29, 0.717) is 11.8 Å². The van der Waals surface area contributed by atoms with Gasteiger partial charge in [0.1, 0.15) is 0 Å². The minimum absolute atomic E-state index is 0.0813. The van der Waals surface area contributed by atoms with Crippen LogP contribution in [0, 0.1) is 5.92 Å². The van der Waals surface area contributed by atoms with Crippen LogP contribution in [0.15, 0.2) is 0 Å². The molecule has 0 saturated carbocycles. The maximum absolute atomic E-state index is 12.1. The molecule has 1 aliphatic heterocycles. The van der Waals surface area contributed by atoms with E-state index in [0.717, 1.165) is 45.3 Å². The van der Waals surface area contributed by atoms with Crippen LogP contribution in [0.3, 0.4) is 0 Å². The van der Waals surface area contributed by atoms with Gasteiger partial charge in [0.15, 0.2) is 0 Å². The van der Waals surface area contributed by atoms with Gasteiger partial charge in [0.05, 0.1) is 6.04 Å². The van der Waals surface area contributed by atoms with Crippen LogP contribution < -0.4 is 5.32 Å². The van der Waals surface area contributed by atoms with Crippen molar-refractivity contribution < 1.29 is 4.79 Å². The SMILES string of the molecule is CCCNC1CCCN(CC(C)CC)C1=O. The number of nitrogens with one attached hydrogen (secondary N) is 1. The lowest BCUT2D eigenvalue weighted by Gasteiger charge is -2.34. The molecule has 2 unspecified atom stereocenters. The second kappa shape index (κ2) is 6.89. The Labute approximate surface area is 99.6 Å². The van der Waals surface area contributed by atoms with Gasteiger partial charge in [0.2, 0.25) is 5.91 Å². The number of rotatable bonds is 6. The van der Waals surface area contributed by atoms with Gasteiger partial charge in [-0.1, -0.05) is 27.2 Å². The molecule has 16 heavy (non-hydrogen) atoms. The summed E-state index contributed by atoms with van der Waals surface area (Å²) in [5.74, 6) is 0.939. The Bertz CT molecular complexity index is 218. The van der Waals surface area contributed by atoms with Crippen molar-refractivity contribution in [2.75, 3.05) is 19.6 Å². The van der Waals surface area contributed by atoms with E-state index in [-0.39, 0.29) is 6.04 Å². The summed E-state index contributed by atoms with van der Waals surface area (Å²) in [7, 11) is 0. The van der Waals surface area contributed by atoms with E-state index in [2.05, 4.69) is 26.1 Å². The topological polar surface area (TPSA) is 32.3 Å². The highest BCUT2D eigenvalue weighted by atomic mass is 16.2. The van der Waals surface area contributed by atoms with Gasteiger partial charge in [0, 0.05) is 13.1 Å². The zero-order valence-corrected chi connectivity index (χ0v) is 11.0. The van der Waals surface area contributed by atoms with Crippen molar-refractivity contribution in [1.29, 1.82) is 0 Å². The minimum atomic E-state index is 0.0813. The molecule has 0 aromatic heterocycles. The minimum Gasteiger partial charge on any atom is -0.341 e. The summed E-state index contributed by atoms with van der Waals surface area (Å²) >= 11 is 0. The lowest BCUT2D eigenvalue weighted by molar-refractivity contribution is -0.136. The molecule has 0 radical (unpaired) electrons. The Kier molecular flexibility index (Phi) is 5.81. The van der Waals surface area contributed by atoms with E-state index in [1.54, 1.807) is 0 Å². The molecule has 1 fully saturated rings. The largest absolute Gasteiger partial charge is 0.341 e. The predicted octanol–water partition coefficient (Wildman–Crippen LogP) is 2.02. The lowest BCUT2D eigenvalue weighted by atomic mass is 10.0. The molecule has 0 spiro atoms. The van der Waals surface area contributed by atoms with Crippen molar-refractivity contribution in [3.8, 4) is 0 Å². The third kappa shape index (κ3) is 3.78. The Morgan fingerprint density at radius 1 is 1.50 bits per heavy atom. The van der Waals surface area contributed by atoms with Gasteiger partial charge in [-0.25, -0.2) is 0 Å². The van der Waals surface area contributed by atoms with Crippen LogP contribution in [0.5, 0.6) is 0 Å². The number of hydrogen-bond donors (Lipinski definition) is 1. The summed E-state index contributed by atoms with van der Waals surface area (Å²) in [6.45, 7) is 9.38. The average molecular weight is 226 g/mol. The van der Waals surface area contributed by atoms with Crippen LogP contribution in [0.2, 0.25) is 0 Å². The number of carbonyl (C=O) groups is 1. The normalized spacial score (nSPS) is 23.6. The molecule has 1 amide bonds. The summed E-state index contributed by atoms with van der Waals surface area (Å²) in [5.41, 5.74) is 0. The van der Waals surface area contributed by atoms with Gasteiger partial charge in [0.25, 0.3) is 0 Å². The average Bonchev–Trinajstić information content (AvgIpc) is 2.30. The molecule has 0 aliphatic carbocycles. The molecule has 1 N–H and O–H groups in total. The molecule has 3 heteroatoms. The fourth-order valence-electron chi connectivity index (χ4n) is 2.13. The Hall–Kier alpha value is -0.570. The smallest absolute Gasteiger partial charge is 0.239 e. The molecule has 1 rings (SSSR count). The van der Waals surface area contributed by atoms with E-state index < -0.39 is 0 Å². The van der Waals surface area contributed by atoms with E-state index in [9.17, 15) is 4.79 Å². The Morgan fingerprint density at radius 2 is 2.25 bits per heavy atom. The van der Waals surface area contributed by atoms with Gasteiger partial charge in [-0.05, 0) is 31.7 Å². The zero-order valence-electron chi connectivity index (χ0n) is 11.0. The molecule has 1 saturated heterocycles. The first-order valence-electron chi connectivity index (χ1n) is 6.71. The van der Waals surface area contributed by atoms with Crippen molar-refractivity contribution in [3.63, 3.8) is 0 Å². The van der Waals surface area contributed by atoms with Crippen LogP contribution in [0.1, 0.15) is 46.5 Å². The Balaban J connectivity index is 2.43. The van der Waals surface area contributed by atoms with Gasteiger partial charge in [-0.2, -0.15) is 0 Å². The van der Waals surface area contributed by atoms with Crippen LogP contribution >= 0.6 is 0 Å². The molecule has 94 valence electrons. The van der Waals surface area contributed by atoms with E-state index in [1.165, 1.54) is 0 Å². The number of piperidine rings is 1. The summed E-state index contributed by atoms with van der Waals surface area (Å²) in [4.78, 5) is 14.2. The van der Waals surface area contributed by atoms with Gasteiger partial charge >= 0.3 is 0 Å². The lowest BCUT2D eigenvalue weighted by Crippen LogP contribution is -2.51. The summed E-state index contributed by atoms with van der Waals surface area (Å²) < 4.78 is 0. The highest BCUT2D eigenvalue weighted by Gasteiger charge is 2.28. The second-order valence-corrected chi connectivity index (χ2v) is 4.95. The molecule has 2 atom stereocenters. The van der Waals surface area contributed by atoms with Crippen LogP contribution in [-0.4, -0.2) is 36.5 Å². The summed E-state index contributed by atoms with van der Waals surface area (Å²) in [6.07, 6.45) is 4.39. The Morgan fingerprint density at radius 3 is 2.88 bits per heavy atom. The highest BCUT2D eigenvalue weighted by Crippen LogP contribution is 2.14. The van der Waals surface area contributed by atoms with Crippen molar-refractivity contribution in [3.05, 3.63) is 0 Å². The number of hydrogen-bond acceptors (Lipinski definition) is 2. The van der Waals surface area contributed by atoms with Crippen molar-refractivity contribution >= 4 is 5.91 Å². The number of nitrogens with zero attached hydrogens (tertiary/aromatic N) is 1. The van der Waals surface area contributed by atoms with Crippen molar-refractivity contribution in [2.24, 2.45) is 5.92 Å². The molecule has 0 aromatic carbocycles. The van der Waals surface area contributed by atoms with Gasteiger partial charge in [-0.15, -0.1) is 0 Å². The van der Waals surface area contributed by atoms with Crippen LogP contribution in [-0.2, 0) is 4.79 Å². The molecule has 1 heterocycles. The monoisotopic (exact) mass is 226 g/mol. The van der Waals surface area contributed by atoms with Crippen LogP contribution in [0.4, 0.5) is 0 Å². The number of carbonyl (C=O) groups excluding carboxylic acids is 1. The van der Waals surface area contributed by atoms with E-state index in [1.807, 2.05) is 4.90 Å². The summed E-state index contributed by atoms with van der Waals surface area (Å²) in [6, 6.07) is 0.0813. The third-order valence-corrected chi connectivity index (χ3v) is 3.40. The van der Waals surface area contributed by atoms with Crippen molar-refractivity contribution in [2.45, 2.75) is 52.5 Å². The first-order chi connectivity index (χ1) is 7.69. The van der Waals surface area contributed by atoms with Crippen LogP contribution in [0.25, 0.3) is 0 Å². The van der Waals surface area contributed by atoms with Crippen molar-refractivity contribution in [1.82, 2.24) is 10.2 Å². The molecule has 0 bridgehead atoms. The standard InChI is InChI=1S/C13H26N2O/c1-4-8-14-12-7-6-9-15(13(12)16)10-11(3)5-2/h11-12,14H,4-10H2,1-3H3. The quantitative estimate of drug-likeness (QED) is 0.751. The van der Waals surface area contributed by atoms with E-state index >= 15 is 0 Å². The third-order valence-electron chi connectivity index (χ3n) is 3.40. The maximum Gasteiger partial charge on any atom is 0.239 e.